The lowest BCUT2D eigenvalue weighted by molar-refractivity contribution is -0.116. The molecule has 0 atom stereocenters. The van der Waals surface area contributed by atoms with E-state index in [4.69, 9.17) is 11.6 Å². The van der Waals surface area contributed by atoms with Crippen LogP contribution in [0.15, 0.2) is 12.4 Å². The number of halogens is 1. The Morgan fingerprint density at radius 3 is 2.29 bits per heavy atom. The van der Waals surface area contributed by atoms with Crippen molar-refractivity contribution >= 4 is 23.3 Å². The van der Waals surface area contributed by atoms with E-state index in [9.17, 15) is 4.79 Å². The number of rotatable bonds is 11. The van der Waals surface area contributed by atoms with Gasteiger partial charge >= 0.3 is 0 Å². The van der Waals surface area contributed by atoms with Gasteiger partial charge in [-0.2, -0.15) is 0 Å². The van der Waals surface area contributed by atoms with Gasteiger partial charge in [-0.05, 0) is 6.42 Å². The van der Waals surface area contributed by atoms with Gasteiger partial charge in [0.1, 0.15) is 5.15 Å². The molecule has 118 valence electrons. The van der Waals surface area contributed by atoms with Crippen molar-refractivity contribution in [1.82, 2.24) is 9.97 Å². The van der Waals surface area contributed by atoms with Crippen LogP contribution >= 0.6 is 11.6 Å². The summed E-state index contributed by atoms with van der Waals surface area (Å²) in [4.78, 5) is 19.6. The molecule has 0 aliphatic rings. The first-order valence-electron chi connectivity index (χ1n) is 7.99. The van der Waals surface area contributed by atoms with Crippen LogP contribution in [0.3, 0.4) is 0 Å². The van der Waals surface area contributed by atoms with E-state index in [1.807, 2.05) is 0 Å². The summed E-state index contributed by atoms with van der Waals surface area (Å²) in [7, 11) is 0. The first kappa shape index (κ1) is 17.9. The van der Waals surface area contributed by atoms with E-state index in [-0.39, 0.29) is 11.1 Å². The van der Waals surface area contributed by atoms with Gasteiger partial charge in [-0.25, -0.2) is 4.98 Å². The fourth-order valence-corrected chi connectivity index (χ4v) is 2.35. The number of aromatic nitrogens is 2. The van der Waals surface area contributed by atoms with Crippen LogP contribution in [0.1, 0.15) is 71.1 Å². The minimum atomic E-state index is -0.0190. The Morgan fingerprint density at radius 1 is 1.05 bits per heavy atom. The zero-order valence-corrected chi connectivity index (χ0v) is 13.7. The average molecular weight is 312 g/mol. The number of nitrogens with zero attached hydrogens (tertiary/aromatic N) is 2. The molecule has 0 fully saturated rings. The van der Waals surface area contributed by atoms with Crippen molar-refractivity contribution in [3.63, 3.8) is 0 Å². The normalized spacial score (nSPS) is 10.6. The van der Waals surface area contributed by atoms with E-state index in [0.29, 0.717) is 12.2 Å². The molecule has 0 aliphatic carbocycles. The average Bonchev–Trinajstić information content (AvgIpc) is 2.45. The van der Waals surface area contributed by atoms with E-state index < -0.39 is 0 Å². The topological polar surface area (TPSA) is 54.9 Å². The lowest BCUT2D eigenvalue weighted by atomic mass is 10.1. The molecule has 1 rings (SSSR count). The highest BCUT2D eigenvalue weighted by Gasteiger charge is 2.04. The number of carbonyl (C=O) groups excluding carboxylic acids is 1. The van der Waals surface area contributed by atoms with Gasteiger partial charge in [0.25, 0.3) is 0 Å². The second-order valence-electron chi connectivity index (χ2n) is 5.35. The summed E-state index contributed by atoms with van der Waals surface area (Å²) in [6.45, 7) is 2.24. The molecule has 1 N–H and O–H groups in total. The van der Waals surface area contributed by atoms with Gasteiger partial charge in [-0.3, -0.25) is 9.78 Å². The first-order chi connectivity index (χ1) is 10.2. The molecule has 0 radical (unpaired) electrons. The monoisotopic (exact) mass is 311 g/mol. The molecule has 1 heterocycles. The summed E-state index contributed by atoms with van der Waals surface area (Å²) in [6.07, 6.45) is 14.7. The van der Waals surface area contributed by atoms with E-state index in [0.717, 1.165) is 12.8 Å². The molecule has 1 aromatic rings. The Balaban J connectivity index is 1.99. The fourth-order valence-electron chi connectivity index (χ4n) is 2.20. The van der Waals surface area contributed by atoms with Gasteiger partial charge in [0.2, 0.25) is 5.91 Å². The largest absolute Gasteiger partial charge is 0.309 e. The van der Waals surface area contributed by atoms with E-state index >= 15 is 0 Å². The molecule has 0 aromatic carbocycles. The molecule has 0 spiro atoms. The van der Waals surface area contributed by atoms with Crippen molar-refractivity contribution in [3.8, 4) is 0 Å². The number of unbranched alkanes of at least 4 members (excludes halogenated alkanes) is 8. The maximum atomic E-state index is 11.7. The number of hydrogen-bond acceptors (Lipinski definition) is 3. The number of amides is 1. The van der Waals surface area contributed by atoms with Crippen molar-refractivity contribution in [2.45, 2.75) is 71.1 Å². The van der Waals surface area contributed by atoms with Gasteiger partial charge in [0.15, 0.2) is 5.82 Å². The van der Waals surface area contributed by atoms with Crippen molar-refractivity contribution in [2.75, 3.05) is 5.32 Å². The molecule has 0 aliphatic heterocycles. The zero-order chi connectivity index (χ0) is 15.3. The quantitative estimate of drug-likeness (QED) is 0.586. The maximum Gasteiger partial charge on any atom is 0.225 e. The molecule has 0 saturated heterocycles. The molecule has 0 saturated carbocycles. The first-order valence-corrected chi connectivity index (χ1v) is 8.37. The molecular formula is C16H26ClN3O. The van der Waals surface area contributed by atoms with Crippen LogP contribution < -0.4 is 5.32 Å². The van der Waals surface area contributed by atoms with Gasteiger partial charge in [-0.1, -0.05) is 69.9 Å². The second-order valence-corrected chi connectivity index (χ2v) is 5.74. The Hall–Kier alpha value is -1.16. The second kappa shape index (κ2) is 11.5. The van der Waals surface area contributed by atoms with Crippen LogP contribution in [-0.2, 0) is 4.79 Å². The fraction of sp³-hybridized carbons (Fsp3) is 0.688. The molecule has 1 amide bonds. The lowest BCUT2D eigenvalue weighted by Gasteiger charge is -2.04. The van der Waals surface area contributed by atoms with Crippen LogP contribution in [0.4, 0.5) is 5.82 Å². The number of anilines is 1. The van der Waals surface area contributed by atoms with Crippen molar-refractivity contribution in [3.05, 3.63) is 17.5 Å². The predicted octanol–water partition coefficient (Wildman–Crippen LogP) is 4.99. The minimum absolute atomic E-state index is 0.0190. The van der Waals surface area contributed by atoms with Crippen LogP contribution in [0.2, 0.25) is 5.15 Å². The third-order valence-electron chi connectivity index (χ3n) is 3.38. The summed E-state index contributed by atoms with van der Waals surface area (Å²) < 4.78 is 0. The molecule has 0 bridgehead atoms. The van der Waals surface area contributed by atoms with Crippen molar-refractivity contribution in [1.29, 1.82) is 0 Å². The number of nitrogens with one attached hydrogen (secondary N) is 1. The van der Waals surface area contributed by atoms with E-state index in [1.165, 1.54) is 57.3 Å². The summed E-state index contributed by atoms with van der Waals surface area (Å²) in [5.41, 5.74) is 0. The molecule has 21 heavy (non-hydrogen) atoms. The van der Waals surface area contributed by atoms with E-state index in [1.54, 1.807) is 0 Å². The maximum absolute atomic E-state index is 11.7. The summed E-state index contributed by atoms with van der Waals surface area (Å²) in [6, 6.07) is 0. The SMILES string of the molecule is CCCCCCCCCCCC(=O)Nc1cncc(Cl)n1. The third-order valence-corrected chi connectivity index (χ3v) is 3.56. The molecule has 0 unspecified atom stereocenters. The molecule has 5 heteroatoms. The Labute approximate surface area is 132 Å². The third kappa shape index (κ3) is 9.40. The van der Waals surface area contributed by atoms with Gasteiger partial charge < -0.3 is 5.32 Å². The van der Waals surface area contributed by atoms with Crippen LogP contribution in [0, 0.1) is 0 Å². The van der Waals surface area contributed by atoms with Crippen LogP contribution in [0.25, 0.3) is 0 Å². The summed E-state index contributed by atoms with van der Waals surface area (Å²) >= 11 is 5.71. The zero-order valence-electron chi connectivity index (χ0n) is 12.9. The molecule has 1 aromatic heterocycles. The Bertz CT molecular complexity index is 412. The minimum Gasteiger partial charge on any atom is -0.309 e. The van der Waals surface area contributed by atoms with E-state index in [2.05, 4.69) is 22.2 Å². The lowest BCUT2D eigenvalue weighted by Crippen LogP contribution is -2.12. The van der Waals surface area contributed by atoms with Crippen LogP contribution in [0.5, 0.6) is 0 Å². The van der Waals surface area contributed by atoms with Gasteiger partial charge in [-0.15, -0.1) is 0 Å². The van der Waals surface area contributed by atoms with Crippen molar-refractivity contribution < 1.29 is 4.79 Å². The number of carbonyl (C=O) groups is 1. The Morgan fingerprint density at radius 2 is 1.67 bits per heavy atom. The Kier molecular flexibility index (Phi) is 9.79. The highest BCUT2D eigenvalue weighted by Crippen LogP contribution is 2.11. The smallest absolute Gasteiger partial charge is 0.225 e. The standard InChI is InChI=1S/C16H26ClN3O/c1-2-3-4-5-6-7-8-9-10-11-16(21)20-15-13-18-12-14(17)19-15/h12-13H,2-11H2,1H3,(H,19,20,21). The summed E-state index contributed by atoms with van der Waals surface area (Å²) in [5, 5.41) is 3.00. The molecule has 4 nitrogen and oxygen atoms in total. The van der Waals surface area contributed by atoms with Gasteiger partial charge in [0, 0.05) is 6.42 Å². The highest BCUT2D eigenvalue weighted by atomic mass is 35.5. The van der Waals surface area contributed by atoms with Gasteiger partial charge in [0.05, 0.1) is 12.4 Å². The predicted molar refractivity (Wildman–Crippen MR) is 87.5 cm³/mol. The van der Waals surface area contributed by atoms with Crippen molar-refractivity contribution in [2.24, 2.45) is 0 Å². The highest BCUT2D eigenvalue weighted by molar-refractivity contribution is 6.29. The van der Waals surface area contributed by atoms with Crippen LogP contribution in [-0.4, -0.2) is 15.9 Å². The molecular weight excluding hydrogens is 286 g/mol. The number of hydrogen-bond donors (Lipinski definition) is 1. The summed E-state index contributed by atoms with van der Waals surface area (Å²) in [5.74, 6) is 0.401.